The van der Waals surface area contributed by atoms with Crippen molar-refractivity contribution in [1.29, 1.82) is 0 Å². The van der Waals surface area contributed by atoms with Crippen LogP contribution >= 0.6 is 23.7 Å². The molecule has 2 rings (SSSR count). The Bertz CT molecular complexity index is 535. The Balaban J connectivity index is 0.00000264. The van der Waals surface area contributed by atoms with Gasteiger partial charge in [0.05, 0.1) is 4.88 Å². The average molecular weight is 360 g/mol. The van der Waals surface area contributed by atoms with Crippen molar-refractivity contribution in [3.05, 3.63) is 22.4 Å². The number of rotatable bonds is 5. The Labute approximate surface area is 148 Å². The number of carbonyl (C=O) groups is 2. The van der Waals surface area contributed by atoms with Gasteiger partial charge in [0.25, 0.3) is 5.91 Å². The van der Waals surface area contributed by atoms with Crippen LogP contribution in [0.2, 0.25) is 0 Å². The van der Waals surface area contributed by atoms with E-state index < -0.39 is 6.04 Å². The largest absolute Gasteiger partial charge is 0.340 e. The van der Waals surface area contributed by atoms with Crippen LogP contribution in [-0.4, -0.2) is 42.4 Å². The Kier molecular flexibility index (Phi) is 7.04. The summed E-state index contributed by atoms with van der Waals surface area (Å²) in [6.07, 6.45) is 0.916. The third-order valence-corrected chi connectivity index (χ3v) is 5.20. The molecule has 0 aliphatic carbocycles. The van der Waals surface area contributed by atoms with Crippen molar-refractivity contribution < 1.29 is 9.59 Å². The molecule has 1 aliphatic heterocycles. The summed E-state index contributed by atoms with van der Waals surface area (Å²) in [5.74, 6) is -0.138. The van der Waals surface area contributed by atoms with Crippen molar-refractivity contribution in [3.8, 4) is 0 Å². The highest BCUT2D eigenvalue weighted by atomic mass is 35.5. The molecule has 7 heteroatoms. The first-order valence-electron chi connectivity index (χ1n) is 7.69. The lowest BCUT2D eigenvalue weighted by Crippen LogP contribution is -2.51. The summed E-state index contributed by atoms with van der Waals surface area (Å²) in [6.45, 7) is 7.97. The Morgan fingerprint density at radius 1 is 1.48 bits per heavy atom. The van der Waals surface area contributed by atoms with E-state index in [0.29, 0.717) is 24.5 Å². The van der Waals surface area contributed by atoms with Crippen molar-refractivity contribution in [2.24, 2.45) is 17.1 Å². The first kappa shape index (κ1) is 19.9. The van der Waals surface area contributed by atoms with Crippen molar-refractivity contribution in [2.75, 3.05) is 19.6 Å². The number of hydrogen-bond donors (Lipinski definition) is 2. The average Bonchev–Trinajstić information content (AvgIpc) is 3.13. The molecule has 130 valence electrons. The van der Waals surface area contributed by atoms with Gasteiger partial charge in [0.2, 0.25) is 5.91 Å². The van der Waals surface area contributed by atoms with Gasteiger partial charge in [-0.3, -0.25) is 9.59 Å². The number of amides is 2. The molecule has 2 amide bonds. The summed E-state index contributed by atoms with van der Waals surface area (Å²) in [7, 11) is 0. The summed E-state index contributed by atoms with van der Waals surface area (Å²) in [4.78, 5) is 27.5. The second-order valence-electron chi connectivity index (χ2n) is 6.70. The molecule has 1 aromatic heterocycles. The topological polar surface area (TPSA) is 75.4 Å². The zero-order valence-corrected chi connectivity index (χ0v) is 15.5. The van der Waals surface area contributed by atoms with Gasteiger partial charge in [-0.05, 0) is 35.7 Å². The zero-order valence-electron chi connectivity index (χ0n) is 13.9. The molecule has 1 fully saturated rings. The second kappa shape index (κ2) is 8.13. The third-order valence-electron chi connectivity index (χ3n) is 4.33. The van der Waals surface area contributed by atoms with Crippen LogP contribution in [0.25, 0.3) is 0 Å². The quantitative estimate of drug-likeness (QED) is 0.845. The highest BCUT2D eigenvalue weighted by Gasteiger charge is 2.38. The normalized spacial score (nSPS) is 21.9. The molecule has 1 aromatic rings. The summed E-state index contributed by atoms with van der Waals surface area (Å²) in [5, 5.41) is 4.75. The van der Waals surface area contributed by atoms with Crippen LogP contribution in [-0.2, 0) is 4.79 Å². The number of nitrogens with zero attached hydrogens (tertiary/aromatic N) is 1. The van der Waals surface area contributed by atoms with Crippen LogP contribution in [0.5, 0.6) is 0 Å². The molecule has 0 bridgehead atoms. The smallest absolute Gasteiger partial charge is 0.262 e. The third kappa shape index (κ3) is 4.68. The van der Waals surface area contributed by atoms with Gasteiger partial charge in [-0.2, -0.15) is 0 Å². The maximum absolute atomic E-state index is 12.8. The van der Waals surface area contributed by atoms with Gasteiger partial charge in [0.1, 0.15) is 6.04 Å². The Morgan fingerprint density at radius 3 is 2.65 bits per heavy atom. The van der Waals surface area contributed by atoms with E-state index in [0.717, 1.165) is 6.42 Å². The standard InChI is InChI=1S/C16H25N3O2S.ClH/c1-11(2)13(18-14(20)12-5-4-8-22-12)15(21)19-7-6-16(3,9-17)10-19;/h4-5,8,11,13H,6-7,9-10,17H2,1-3H3,(H,18,20);1H. The molecule has 0 aromatic carbocycles. The predicted octanol–water partition coefficient (Wildman–Crippen LogP) is 2.12. The zero-order chi connectivity index (χ0) is 16.3. The number of halogens is 1. The highest BCUT2D eigenvalue weighted by molar-refractivity contribution is 7.12. The van der Waals surface area contributed by atoms with E-state index >= 15 is 0 Å². The maximum Gasteiger partial charge on any atom is 0.262 e. The van der Waals surface area contributed by atoms with Crippen molar-refractivity contribution >= 4 is 35.6 Å². The van der Waals surface area contributed by atoms with Crippen molar-refractivity contribution in [1.82, 2.24) is 10.2 Å². The van der Waals surface area contributed by atoms with Crippen molar-refractivity contribution in [2.45, 2.75) is 33.2 Å². The van der Waals surface area contributed by atoms with Gasteiger partial charge in [0, 0.05) is 13.1 Å². The number of thiophene rings is 1. The van der Waals surface area contributed by atoms with Crippen LogP contribution in [0.4, 0.5) is 0 Å². The minimum Gasteiger partial charge on any atom is -0.340 e. The lowest BCUT2D eigenvalue weighted by atomic mass is 9.90. The number of nitrogens with two attached hydrogens (primary N) is 1. The maximum atomic E-state index is 12.8. The molecule has 2 unspecified atom stereocenters. The molecule has 2 atom stereocenters. The van der Waals surface area contributed by atoms with E-state index in [1.54, 1.807) is 6.07 Å². The summed E-state index contributed by atoms with van der Waals surface area (Å²) in [6, 6.07) is 3.11. The van der Waals surface area contributed by atoms with Gasteiger partial charge in [-0.25, -0.2) is 0 Å². The fraction of sp³-hybridized carbons (Fsp3) is 0.625. The molecule has 0 spiro atoms. The first-order chi connectivity index (χ1) is 10.4. The van der Waals surface area contributed by atoms with Crippen molar-refractivity contribution in [3.63, 3.8) is 0 Å². The van der Waals surface area contributed by atoms with Gasteiger partial charge in [0.15, 0.2) is 0 Å². The molecule has 1 saturated heterocycles. The Morgan fingerprint density at radius 2 is 2.17 bits per heavy atom. The minimum absolute atomic E-state index is 0. The lowest BCUT2D eigenvalue weighted by Gasteiger charge is -2.28. The predicted molar refractivity (Wildman–Crippen MR) is 96.0 cm³/mol. The van der Waals surface area contributed by atoms with E-state index in [1.165, 1.54) is 11.3 Å². The molecular weight excluding hydrogens is 334 g/mol. The van der Waals surface area contributed by atoms with Crippen LogP contribution in [0.1, 0.15) is 36.9 Å². The summed E-state index contributed by atoms with van der Waals surface area (Å²) >= 11 is 1.38. The van der Waals surface area contributed by atoms with E-state index in [4.69, 9.17) is 5.73 Å². The van der Waals surface area contributed by atoms with Crippen LogP contribution in [0.3, 0.4) is 0 Å². The Hall–Kier alpha value is -1.11. The number of nitrogens with one attached hydrogen (secondary N) is 1. The van der Waals surface area contributed by atoms with E-state index in [-0.39, 0.29) is 35.6 Å². The van der Waals surface area contributed by atoms with Crippen LogP contribution in [0.15, 0.2) is 17.5 Å². The molecule has 23 heavy (non-hydrogen) atoms. The molecule has 5 nitrogen and oxygen atoms in total. The molecule has 0 saturated carbocycles. The number of hydrogen-bond acceptors (Lipinski definition) is 4. The second-order valence-corrected chi connectivity index (χ2v) is 7.64. The van der Waals surface area contributed by atoms with Gasteiger partial charge in [-0.15, -0.1) is 23.7 Å². The number of carbonyl (C=O) groups excluding carboxylic acids is 2. The van der Waals surface area contributed by atoms with Gasteiger partial charge < -0.3 is 16.0 Å². The monoisotopic (exact) mass is 359 g/mol. The van der Waals surface area contributed by atoms with E-state index in [9.17, 15) is 9.59 Å². The number of likely N-dealkylation sites (tertiary alicyclic amines) is 1. The minimum atomic E-state index is -0.491. The summed E-state index contributed by atoms with van der Waals surface area (Å²) < 4.78 is 0. The fourth-order valence-electron chi connectivity index (χ4n) is 2.71. The summed E-state index contributed by atoms with van der Waals surface area (Å²) in [5.41, 5.74) is 5.80. The van der Waals surface area contributed by atoms with Gasteiger partial charge >= 0.3 is 0 Å². The van der Waals surface area contributed by atoms with Crippen LogP contribution < -0.4 is 11.1 Å². The van der Waals surface area contributed by atoms with E-state index in [1.807, 2.05) is 30.2 Å². The lowest BCUT2D eigenvalue weighted by molar-refractivity contribution is -0.133. The highest BCUT2D eigenvalue weighted by Crippen LogP contribution is 2.29. The molecule has 0 radical (unpaired) electrons. The molecular formula is C16H26ClN3O2S. The van der Waals surface area contributed by atoms with Crippen LogP contribution in [0, 0.1) is 11.3 Å². The molecule has 2 heterocycles. The molecule has 1 aliphatic rings. The van der Waals surface area contributed by atoms with E-state index in [2.05, 4.69) is 12.2 Å². The fourth-order valence-corrected chi connectivity index (χ4v) is 3.34. The SMILES string of the molecule is CC(C)C(NC(=O)c1cccs1)C(=O)N1CCC(C)(CN)C1.Cl. The molecule has 3 N–H and O–H groups in total. The van der Waals surface area contributed by atoms with Gasteiger partial charge in [-0.1, -0.05) is 26.8 Å². The first-order valence-corrected chi connectivity index (χ1v) is 8.57.